The summed E-state index contributed by atoms with van der Waals surface area (Å²) in [7, 11) is 0. The van der Waals surface area contributed by atoms with Crippen molar-refractivity contribution in [2.45, 2.75) is 65.1 Å². The van der Waals surface area contributed by atoms with E-state index in [4.69, 9.17) is 14.7 Å². The maximum absolute atomic E-state index is 13.2. The number of likely N-dealkylation sites (tertiary alicyclic amines) is 1. The van der Waals surface area contributed by atoms with Crippen LogP contribution in [0.15, 0.2) is 71.9 Å². The molecule has 3 aliphatic heterocycles. The summed E-state index contributed by atoms with van der Waals surface area (Å²) in [5.74, 6) is -0.385. The number of benzene rings is 3. The molecule has 5 heterocycles. The van der Waals surface area contributed by atoms with E-state index in [2.05, 4.69) is 68.7 Å². The van der Waals surface area contributed by atoms with Crippen LogP contribution in [0.3, 0.4) is 0 Å². The number of nitrogens with one attached hydrogen (secondary N) is 6. The zero-order chi connectivity index (χ0) is 49.0. The Hall–Kier alpha value is -7.03. The zero-order valence-corrected chi connectivity index (χ0v) is 40.3. The zero-order valence-electron chi connectivity index (χ0n) is 40.3. The molecule has 0 spiro atoms. The van der Waals surface area contributed by atoms with Crippen LogP contribution in [0.5, 0.6) is 0 Å². The van der Waals surface area contributed by atoms with E-state index in [-0.39, 0.29) is 31.4 Å². The van der Waals surface area contributed by atoms with E-state index < -0.39 is 23.5 Å². The summed E-state index contributed by atoms with van der Waals surface area (Å²) in [4.78, 5) is 82.2. The number of hydrogen-bond acceptors (Lipinski definition) is 13. The van der Waals surface area contributed by atoms with Crippen molar-refractivity contribution in [3.8, 4) is 11.4 Å². The van der Waals surface area contributed by atoms with Gasteiger partial charge in [-0.15, -0.1) is 5.10 Å². The number of amides is 5. The van der Waals surface area contributed by atoms with Crippen LogP contribution < -0.4 is 26.6 Å². The average molecular weight is 957 g/mol. The number of carbonyl (C=O) groups is 5. The fourth-order valence-corrected chi connectivity index (χ4v) is 8.63. The minimum Gasteiger partial charge on any atom is -0.444 e. The van der Waals surface area contributed by atoms with Gasteiger partial charge in [0.25, 0.3) is 11.8 Å². The second-order valence-electron chi connectivity index (χ2n) is 19.0. The third-order valence-electron chi connectivity index (χ3n) is 12.5. The van der Waals surface area contributed by atoms with Crippen LogP contribution in [-0.4, -0.2) is 166 Å². The number of piperazine rings is 1. The number of fused-ring (bicyclic) bond motifs is 2. The summed E-state index contributed by atoms with van der Waals surface area (Å²) >= 11 is 0. The third-order valence-corrected chi connectivity index (χ3v) is 12.5. The van der Waals surface area contributed by atoms with Gasteiger partial charge >= 0.3 is 6.09 Å². The molecule has 3 aromatic carbocycles. The Morgan fingerprint density at radius 2 is 1.30 bits per heavy atom. The number of nitrogens with zero attached hydrogens (tertiary/aromatic N) is 8. The first kappa shape index (κ1) is 49.4. The van der Waals surface area contributed by atoms with Crippen molar-refractivity contribution < 1.29 is 28.7 Å². The lowest BCUT2D eigenvalue weighted by Crippen LogP contribution is -2.49. The highest BCUT2D eigenvalue weighted by molar-refractivity contribution is 6.07. The molecule has 2 saturated heterocycles. The van der Waals surface area contributed by atoms with Gasteiger partial charge in [-0.1, -0.05) is 35.9 Å². The maximum atomic E-state index is 13.2. The molecule has 8 rings (SSSR count). The quantitative estimate of drug-likeness (QED) is 0.0701. The second-order valence-corrected chi connectivity index (χ2v) is 19.0. The Kier molecular flexibility index (Phi) is 16.3. The van der Waals surface area contributed by atoms with Gasteiger partial charge in [-0.25, -0.2) is 9.78 Å². The van der Waals surface area contributed by atoms with Crippen LogP contribution in [-0.2, 0) is 33.8 Å². The Morgan fingerprint density at radius 3 is 2.01 bits per heavy atom. The van der Waals surface area contributed by atoms with Gasteiger partial charge < -0.3 is 41.2 Å². The molecule has 20 heteroatoms. The molecule has 5 amide bonds. The number of aromatic amines is 1. The number of aliphatic imine (C=N–C) groups is 1. The highest BCUT2D eigenvalue weighted by Gasteiger charge is 2.21. The Labute approximate surface area is 407 Å². The fraction of sp³-hybridized carbons (Fsp3) is 0.460. The van der Waals surface area contributed by atoms with Crippen molar-refractivity contribution >= 4 is 52.2 Å². The summed E-state index contributed by atoms with van der Waals surface area (Å²) in [6.07, 6.45) is 5.50. The molecular formula is C50H64N14O6. The number of aromatic nitrogens is 5. The molecule has 3 aliphatic rings. The molecule has 370 valence electrons. The van der Waals surface area contributed by atoms with Gasteiger partial charge in [-0.3, -0.25) is 38.7 Å². The second kappa shape index (κ2) is 23.1. The van der Waals surface area contributed by atoms with Crippen molar-refractivity contribution in [3.05, 3.63) is 94.8 Å². The summed E-state index contributed by atoms with van der Waals surface area (Å²) in [5.41, 5.74) is 7.54. The van der Waals surface area contributed by atoms with Crippen LogP contribution in [0, 0.1) is 0 Å². The number of imidazole rings is 1. The van der Waals surface area contributed by atoms with Crippen molar-refractivity contribution in [3.63, 3.8) is 0 Å². The van der Waals surface area contributed by atoms with E-state index in [1.54, 1.807) is 37.7 Å². The molecule has 2 aromatic heterocycles. The first-order valence-electron chi connectivity index (χ1n) is 24.2. The lowest BCUT2D eigenvalue weighted by Gasteiger charge is -2.34. The number of hydrogen-bond donors (Lipinski definition) is 6. The van der Waals surface area contributed by atoms with Crippen LogP contribution in [0.1, 0.15) is 77.6 Å². The lowest BCUT2D eigenvalue weighted by atomic mass is 10.0. The number of alkyl carbamates (subject to hydrolysis) is 1. The van der Waals surface area contributed by atoms with Crippen LogP contribution in [0.2, 0.25) is 0 Å². The van der Waals surface area contributed by atoms with E-state index in [0.29, 0.717) is 48.7 Å². The van der Waals surface area contributed by atoms with Crippen molar-refractivity contribution in [1.29, 1.82) is 0 Å². The molecule has 5 aromatic rings. The smallest absolute Gasteiger partial charge is 0.408 e. The van der Waals surface area contributed by atoms with Gasteiger partial charge in [0.15, 0.2) is 0 Å². The minimum atomic E-state index is -0.714. The first-order valence-corrected chi connectivity index (χ1v) is 24.2. The SMILES string of the molecule is CC(C)(C)OC(=O)NCC(=O)NCC(=O)NCc1cn(CCN2CCN(CCNC(=O)c3ccc4nc(-c5ccc(C6=Nc7ccc(C(=O)NCCN8CCCCC8)cc7C6)cc5)[nH]c4c3)CC2)nn1. The van der Waals surface area contributed by atoms with Gasteiger partial charge in [0, 0.05) is 82.0 Å². The number of H-pyrrole nitrogens is 1. The predicted octanol–water partition coefficient (Wildman–Crippen LogP) is 3.02. The highest BCUT2D eigenvalue weighted by atomic mass is 16.6. The van der Waals surface area contributed by atoms with Crippen LogP contribution >= 0.6 is 0 Å². The van der Waals surface area contributed by atoms with Crippen molar-refractivity contribution in [2.75, 3.05) is 85.1 Å². The topological polar surface area (TPSA) is 236 Å². The van der Waals surface area contributed by atoms with Crippen LogP contribution in [0.25, 0.3) is 22.4 Å². The minimum absolute atomic E-state index is 0.0456. The van der Waals surface area contributed by atoms with Crippen molar-refractivity contribution in [2.24, 2.45) is 4.99 Å². The fourth-order valence-electron chi connectivity index (χ4n) is 8.63. The summed E-state index contributed by atoms with van der Waals surface area (Å²) in [6.45, 7) is 14.8. The van der Waals surface area contributed by atoms with Gasteiger partial charge in [0.2, 0.25) is 11.8 Å². The number of ether oxygens (including phenoxy) is 1. The van der Waals surface area contributed by atoms with E-state index in [1.807, 2.05) is 42.5 Å². The number of carbonyl (C=O) groups excluding carboxylic acids is 5. The van der Waals surface area contributed by atoms with E-state index in [0.717, 1.165) is 98.0 Å². The van der Waals surface area contributed by atoms with E-state index in [1.165, 1.54) is 19.3 Å². The maximum Gasteiger partial charge on any atom is 0.408 e. The summed E-state index contributed by atoms with van der Waals surface area (Å²) in [6, 6.07) is 19.4. The number of rotatable bonds is 19. The Morgan fingerprint density at radius 1 is 0.671 bits per heavy atom. The lowest BCUT2D eigenvalue weighted by molar-refractivity contribution is -0.125. The largest absolute Gasteiger partial charge is 0.444 e. The molecule has 0 radical (unpaired) electrons. The molecule has 0 bridgehead atoms. The molecule has 0 atom stereocenters. The normalized spacial score (nSPS) is 15.5. The highest BCUT2D eigenvalue weighted by Crippen LogP contribution is 2.31. The molecule has 2 fully saturated rings. The molecule has 6 N–H and O–H groups in total. The monoisotopic (exact) mass is 957 g/mol. The van der Waals surface area contributed by atoms with Crippen LogP contribution in [0.4, 0.5) is 10.5 Å². The summed E-state index contributed by atoms with van der Waals surface area (Å²) < 4.78 is 6.83. The summed E-state index contributed by atoms with van der Waals surface area (Å²) in [5, 5.41) is 22.0. The van der Waals surface area contributed by atoms with Gasteiger partial charge in [0.05, 0.1) is 48.3 Å². The van der Waals surface area contributed by atoms with E-state index >= 15 is 0 Å². The van der Waals surface area contributed by atoms with Crippen molar-refractivity contribution in [1.82, 2.24) is 66.2 Å². The Balaban J connectivity index is 0.707. The van der Waals surface area contributed by atoms with Gasteiger partial charge in [-0.2, -0.15) is 0 Å². The molecule has 20 nitrogen and oxygen atoms in total. The molecular weight excluding hydrogens is 893 g/mol. The number of piperidine rings is 1. The average Bonchev–Trinajstić information content (AvgIpc) is 4.12. The predicted molar refractivity (Wildman–Crippen MR) is 265 cm³/mol. The molecule has 0 aliphatic carbocycles. The first-order chi connectivity index (χ1) is 33.8. The Bertz CT molecular complexity index is 2670. The van der Waals surface area contributed by atoms with Gasteiger partial charge in [-0.05, 0) is 94.2 Å². The molecule has 70 heavy (non-hydrogen) atoms. The molecule has 0 unspecified atom stereocenters. The van der Waals surface area contributed by atoms with Gasteiger partial charge in [0.1, 0.15) is 23.7 Å². The molecule has 0 saturated carbocycles. The third kappa shape index (κ3) is 14.0. The van der Waals surface area contributed by atoms with E-state index in [9.17, 15) is 24.0 Å². The standard InChI is InChI=1S/C50H64N14O6/c1-50(2,3)70-49(69)55-32-45(66)54-31-44(65)53-30-39-33-64(60-59-39)26-25-63-23-21-62(22-24-63)20-16-52-48(68)37-12-14-41-43(28-37)58-46(57-41)35-9-7-34(8-10-35)42-29-38-27-36(11-13-40(38)56-42)47(67)51-15-19-61-17-5-4-6-18-61/h7-14,27-28,33H,4-6,15-26,29-32H2,1-3H3,(H,51,67)(H,52,68)(H,53,65)(H,54,66)(H,55,69)(H,57,58).